The molecule has 0 spiro atoms. The number of ketones is 1. The fourth-order valence-electron chi connectivity index (χ4n) is 2.56. The molecule has 0 aliphatic heterocycles. The zero-order valence-corrected chi connectivity index (χ0v) is 15.0. The van der Waals surface area contributed by atoms with E-state index in [-0.39, 0.29) is 5.78 Å². The summed E-state index contributed by atoms with van der Waals surface area (Å²) >= 11 is 0. The second-order valence-corrected chi connectivity index (χ2v) is 7.05. The maximum absolute atomic E-state index is 9.44. The van der Waals surface area contributed by atoms with E-state index in [1.807, 2.05) is 0 Å². The Morgan fingerprint density at radius 3 is 1.60 bits per heavy atom. The summed E-state index contributed by atoms with van der Waals surface area (Å²) in [7, 11) is 0. The van der Waals surface area contributed by atoms with E-state index in [4.69, 9.17) is 5.11 Å². The highest BCUT2D eigenvalue weighted by Gasteiger charge is 2.20. The van der Waals surface area contributed by atoms with Crippen molar-refractivity contribution in [2.24, 2.45) is 11.8 Å². The van der Waals surface area contributed by atoms with Crippen molar-refractivity contribution in [3.8, 4) is 0 Å². The molecule has 0 aromatic rings. The monoisotopic (exact) mass is 286 g/mol. The van der Waals surface area contributed by atoms with Gasteiger partial charge in [0, 0.05) is 0 Å². The van der Waals surface area contributed by atoms with Gasteiger partial charge in [0.25, 0.3) is 0 Å². The van der Waals surface area contributed by atoms with E-state index in [0.29, 0.717) is 0 Å². The van der Waals surface area contributed by atoms with Gasteiger partial charge in [-0.05, 0) is 46.5 Å². The summed E-state index contributed by atoms with van der Waals surface area (Å²) in [6.45, 7) is 13.0. The van der Waals surface area contributed by atoms with Crippen molar-refractivity contribution >= 4 is 5.78 Å². The molecule has 0 aromatic heterocycles. The molecule has 0 aromatic carbocycles. The molecule has 0 atom stereocenters. The molecular weight excluding hydrogens is 248 g/mol. The lowest BCUT2D eigenvalue weighted by atomic mass is 9.78. The van der Waals surface area contributed by atoms with E-state index in [2.05, 4.69) is 13.8 Å². The average molecular weight is 287 g/mol. The van der Waals surface area contributed by atoms with Crippen LogP contribution in [-0.2, 0) is 4.79 Å². The van der Waals surface area contributed by atoms with Crippen molar-refractivity contribution in [3.05, 3.63) is 0 Å². The Bertz CT molecular complexity index is 208. The summed E-state index contributed by atoms with van der Waals surface area (Å²) in [5.74, 6) is 2.29. The second kappa shape index (κ2) is 12.4. The van der Waals surface area contributed by atoms with Gasteiger partial charge in [0.1, 0.15) is 5.78 Å². The molecule has 1 N–H and O–H groups in total. The van der Waals surface area contributed by atoms with Crippen LogP contribution >= 0.6 is 0 Å². The molecule has 1 rings (SSSR count). The van der Waals surface area contributed by atoms with Crippen LogP contribution in [0, 0.1) is 11.8 Å². The standard InChI is InChI=1S/C11H22.C4H10O.C3H6O/c1-3-10(4-2)11-8-6-5-7-9-11;1-4(2,3)5;1-3(2)4/h10-11H,3-9H2,1-2H3;5H,1-3H3;1-2H3. The summed E-state index contributed by atoms with van der Waals surface area (Å²) < 4.78 is 0. The third-order valence-corrected chi connectivity index (χ3v) is 3.37. The Morgan fingerprint density at radius 2 is 1.35 bits per heavy atom. The summed E-state index contributed by atoms with van der Waals surface area (Å²) in [4.78, 5) is 9.44. The quantitative estimate of drug-likeness (QED) is 0.756. The van der Waals surface area contributed by atoms with E-state index < -0.39 is 5.60 Å². The number of carbonyl (C=O) groups excluding carboxylic acids is 1. The Hall–Kier alpha value is -0.370. The summed E-state index contributed by atoms with van der Waals surface area (Å²) in [5, 5.41) is 8.52. The van der Waals surface area contributed by atoms with Crippen LogP contribution in [0.5, 0.6) is 0 Å². The third kappa shape index (κ3) is 20.0. The van der Waals surface area contributed by atoms with Gasteiger partial charge in [0.05, 0.1) is 5.60 Å². The van der Waals surface area contributed by atoms with Crippen LogP contribution in [0.3, 0.4) is 0 Å². The molecule has 20 heavy (non-hydrogen) atoms. The minimum atomic E-state index is -0.500. The number of Topliss-reactive ketones (excluding diaryl/α,β-unsaturated/α-hetero) is 1. The summed E-state index contributed by atoms with van der Waals surface area (Å²) in [6.07, 6.45) is 10.3. The molecule has 0 bridgehead atoms. The molecular formula is C18H38O2. The highest BCUT2D eigenvalue weighted by Crippen LogP contribution is 2.33. The lowest BCUT2D eigenvalue weighted by molar-refractivity contribution is -0.114. The number of hydrogen-bond acceptors (Lipinski definition) is 2. The van der Waals surface area contributed by atoms with Gasteiger partial charge in [-0.3, -0.25) is 0 Å². The molecule has 2 nitrogen and oxygen atoms in total. The fourth-order valence-corrected chi connectivity index (χ4v) is 2.56. The van der Waals surface area contributed by atoms with Crippen LogP contribution < -0.4 is 0 Å². The van der Waals surface area contributed by atoms with Crippen molar-refractivity contribution in [1.82, 2.24) is 0 Å². The molecule has 0 saturated heterocycles. The number of rotatable bonds is 3. The zero-order chi connectivity index (χ0) is 16.2. The van der Waals surface area contributed by atoms with Crippen LogP contribution in [0.25, 0.3) is 0 Å². The maximum Gasteiger partial charge on any atom is 0.126 e. The van der Waals surface area contributed by atoms with Crippen LogP contribution in [0.15, 0.2) is 0 Å². The third-order valence-electron chi connectivity index (χ3n) is 3.37. The lowest BCUT2D eigenvalue weighted by Crippen LogP contribution is -2.16. The van der Waals surface area contributed by atoms with Crippen LogP contribution in [0.1, 0.15) is 93.4 Å². The molecule has 1 aliphatic rings. The van der Waals surface area contributed by atoms with Gasteiger partial charge in [-0.25, -0.2) is 0 Å². The predicted octanol–water partition coefficient (Wildman–Crippen LogP) is 5.38. The number of carbonyl (C=O) groups is 1. The highest BCUT2D eigenvalue weighted by atomic mass is 16.3. The molecule has 2 heteroatoms. The molecule has 1 fully saturated rings. The van der Waals surface area contributed by atoms with Gasteiger partial charge >= 0.3 is 0 Å². The first-order valence-corrected chi connectivity index (χ1v) is 8.31. The molecule has 122 valence electrons. The first-order valence-electron chi connectivity index (χ1n) is 8.31. The Kier molecular flexibility index (Phi) is 13.6. The summed E-state index contributed by atoms with van der Waals surface area (Å²) in [5.41, 5.74) is -0.500. The van der Waals surface area contributed by atoms with Crippen molar-refractivity contribution in [3.63, 3.8) is 0 Å². The first-order chi connectivity index (χ1) is 9.11. The van der Waals surface area contributed by atoms with Crippen molar-refractivity contribution in [2.45, 2.75) is 99.0 Å². The van der Waals surface area contributed by atoms with E-state index >= 15 is 0 Å². The van der Waals surface area contributed by atoms with Gasteiger partial charge in [0.15, 0.2) is 0 Å². The normalized spacial score (nSPS) is 15.8. The molecule has 1 saturated carbocycles. The Balaban J connectivity index is 0. The SMILES string of the molecule is CC(C)(C)O.CC(C)=O.CCC(CC)C1CCCCC1. The zero-order valence-electron chi connectivity index (χ0n) is 15.0. The topological polar surface area (TPSA) is 37.3 Å². The largest absolute Gasteiger partial charge is 0.391 e. The van der Waals surface area contributed by atoms with Crippen molar-refractivity contribution < 1.29 is 9.90 Å². The minimum Gasteiger partial charge on any atom is -0.391 e. The smallest absolute Gasteiger partial charge is 0.126 e. The van der Waals surface area contributed by atoms with Crippen LogP contribution in [-0.4, -0.2) is 16.5 Å². The summed E-state index contributed by atoms with van der Waals surface area (Å²) in [6, 6.07) is 0. The highest BCUT2D eigenvalue weighted by molar-refractivity contribution is 5.72. The van der Waals surface area contributed by atoms with Gasteiger partial charge in [-0.1, -0.05) is 58.8 Å². The van der Waals surface area contributed by atoms with Crippen molar-refractivity contribution in [1.29, 1.82) is 0 Å². The van der Waals surface area contributed by atoms with Crippen LogP contribution in [0.2, 0.25) is 0 Å². The minimum absolute atomic E-state index is 0.167. The molecule has 0 amide bonds. The van der Waals surface area contributed by atoms with Gasteiger partial charge in [-0.2, -0.15) is 0 Å². The van der Waals surface area contributed by atoms with Gasteiger partial charge < -0.3 is 9.90 Å². The number of aliphatic hydroxyl groups is 1. The predicted molar refractivity (Wildman–Crippen MR) is 89.0 cm³/mol. The Labute approximate surface area is 127 Å². The Morgan fingerprint density at radius 1 is 1.05 bits per heavy atom. The second-order valence-electron chi connectivity index (χ2n) is 7.05. The average Bonchev–Trinajstić information content (AvgIpc) is 2.29. The van der Waals surface area contributed by atoms with E-state index in [1.165, 1.54) is 58.8 Å². The van der Waals surface area contributed by atoms with Gasteiger partial charge in [0.2, 0.25) is 0 Å². The van der Waals surface area contributed by atoms with E-state index in [1.54, 1.807) is 20.8 Å². The lowest BCUT2D eigenvalue weighted by Gasteiger charge is -2.28. The van der Waals surface area contributed by atoms with E-state index in [9.17, 15) is 4.79 Å². The molecule has 0 unspecified atom stereocenters. The van der Waals surface area contributed by atoms with Gasteiger partial charge in [-0.15, -0.1) is 0 Å². The fraction of sp³-hybridized carbons (Fsp3) is 0.944. The molecule has 0 heterocycles. The first kappa shape index (κ1) is 21.9. The van der Waals surface area contributed by atoms with Crippen LogP contribution in [0.4, 0.5) is 0 Å². The van der Waals surface area contributed by atoms with Crippen molar-refractivity contribution in [2.75, 3.05) is 0 Å². The molecule has 1 aliphatic carbocycles. The number of hydrogen-bond donors (Lipinski definition) is 1. The molecule has 0 radical (unpaired) electrons. The van der Waals surface area contributed by atoms with E-state index in [0.717, 1.165) is 11.8 Å². The maximum atomic E-state index is 9.44.